The average Bonchev–Trinajstić information content (AvgIpc) is 2.81. The second-order valence-electron chi connectivity index (χ2n) is 8.66. The van der Waals surface area contributed by atoms with Gasteiger partial charge in [0.15, 0.2) is 0 Å². The SMILES string of the molecule is NC(=O)c1ccccc1COCC1CN(C2CCN(Cc3ccc(Cl)cc3)CC2)CCO1. The van der Waals surface area contributed by atoms with Gasteiger partial charge in [-0.05, 0) is 55.3 Å². The first kappa shape index (κ1) is 23.2. The van der Waals surface area contributed by atoms with Gasteiger partial charge in [0.05, 0.1) is 25.9 Å². The van der Waals surface area contributed by atoms with Crippen molar-refractivity contribution in [2.45, 2.75) is 38.1 Å². The Morgan fingerprint density at radius 1 is 1.09 bits per heavy atom. The second-order valence-corrected chi connectivity index (χ2v) is 9.09. The quantitative estimate of drug-likeness (QED) is 0.658. The zero-order valence-electron chi connectivity index (χ0n) is 18.4. The van der Waals surface area contributed by atoms with E-state index in [1.54, 1.807) is 6.07 Å². The minimum absolute atomic E-state index is 0.0524. The molecule has 2 fully saturated rings. The summed E-state index contributed by atoms with van der Waals surface area (Å²) in [5.74, 6) is -0.424. The summed E-state index contributed by atoms with van der Waals surface area (Å²) >= 11 is 6.00. The van der Waals surface area contributed by atoms with E-state index in [0.29, 0.717) is 24.8 Å². The van der Waals surface area contributed by atoms with E-state index in [4.69, 9.17) is 26.8 Å². The van der Waals surface area contributed by atoms with Crippen molar-refractivity contribution in [1.82, 2.24) is 9.80 Å². The maximum absolute atomic E-state index is 11.6. The van der Waals surface area contributed by atoms with Gasteiger partial charge in [0.1, 0.15) is 0 Å². The van der Waals surface area contributed by atoms with Crippen LogP contribution >= 0.6 is 11.6 Å². The van der Waals surface area contributed by atoms with Gasteiger partial charge in [-0.2, -0.15) is 0 Å². The van der Waals surface area contributed by atoms with Gasteiger partial charge < -0.3 is 15.2 Å². The van der Waals surface area contributed by atoms with E-state index in [1.165, 1.54) is 18.4 Å². The number of benzene rings is 2. The summed E-state index contributed by atoms with van der Waals surface area (Å²) in [4.78, 5) is 16.7. The van der Waals surface area contributed by atoms with Gasteiger partial charge in [-0.1, -0.05) is 41.9 Å². The van der Waals surface area contributed by atoms with Crippen molar-refractivity contribution in [3.8, 4) is 0 Å². The number of carbonyl (C=O) groups excluding carboxylic acids is 1. The Balaban J connectivity index is 1.21. The van der Waals surface area contributed by atoms with Crippen molar-refractivity contribution >= 4 is 17.5 Å². The number of ether oxygens (including phenoxy) is 2. The molecule has 0 saturated carbocycles. The summed E-state index contributed by atoms with van der Waals surface area (Å²) < 4.78 is 11.8. The maximum atomic E-state index is 11.6. The predicted octanol–water partition coefficient (Wildman–Crippen LogP) is 3.32. The van der Waals surface area contributed by atoms with Crippen LogP contribution in [0.15, 0.2) is 48.5 Å². The molecule has 32 heavy (non-hydrogen) atoms. The number of morpholine rings is 1. The van der Waals surface area contributed by atoms with Crippen molar-refractivity contribution in [1.29, 1.82) is 0 Å². The lowest BCUT2D eigenvalue weighted by Gasteiger charge is -2.42. The number of nitrogens with zero attached hydrogens (tertiary/aromatic N) is 2. The fourth-order valence-electron chi connectivity index (χ4n) is 4.65. The number of halogens is 1. The molecule has 1 unspecified atom stereocenters. The normalized spacial score (nSPS) is 21.0. The van der Waals surface area contributed by atoms with Crippen LogP contribution in [0.25, 0.3) is 0 Å². The average molecular weight is 458 g/mol. The van der Waals surface area contributed by atoms with Crippen molar-refractivity contribution < 1.29 is 14.3 Å². The Morgan fingerprint density at radius 2 is 1.84 bits per heavy atom. The van der Waals surface area contributed by atoms with Crippen LogP contribution in [0.4, 0.5) is 0 Å². The van der Waals surface area contributed by atoms with Crippen LogP contribution in [0.3, 0.4) is 0 Å². The van der Waals surface area contributed by atoms with Gasteiger partial charge >= 0.3 is 0 Å². The molecule has 2 saturated heterocycles. The van der Waals surface area contributed by atoms with Gasteiger partial charge in [-0.3, -0.25) is 14.6 Å². The zero-order chi connectivity index (χ0) is 22.3. The summed E-state index contributed by atoms with van der Waals surface area (Å²) in [5, 5.41) is 0.787. The molecule has 1 atom stereocenters. The molecule has 0 aliphatic carbocycles. The first-order valence-corrected chi connectivity index (χ1v) is 11.7. The van der Waals surface area contributed by atoms with Crippen molar-refractivity contribution in [3.05, 3.63) is 70.2 Å². The van der Waals surface area contributed by atoms with Crippen LogP contribution in [0, 0.1) is 0 Å². The topological polar surface area (TPSA) is 68.0 Å². The standard InChI is InChI=1S/C25H32ClN3O3/c26-21-7-5-19(6-8-21)15-28-11-9-22(10-12-28)29-13-14-32-23(16-29)18-31-17-20-3-1-2-4-24(20)25(27)30/h1-8,22-23H,9-18H2,(H2,27,30). The van der Waals surface area contributed by atoms with Crippen LogP contribution in [0.1, 0.15) is 34.3 Å². The second kappa shape index (κ2) is 11.3. The van der Waals surface area contributed by atoms with E-state index in [-0.39, 0.29) is 6.10 Å². The molecule has 2 N–H and O–H groups in total. The van der Waals surface area contributed by atoms with Crippen molar-refractivity contribution in [2.24, 2.45) is 5.73 Å². The Morgan fingerprint density at radius 3 is 2.59 bits per heavy atom. The summed E-state index contributed by atoms with van der Waals surface area (Å²) in [6.45, 7) is 6.67. The van der Waals surface area contributed by atoms with E-state index >= 15 is 0 Å². The smallest absolute Gasteiger partial charge is 0.249 e. The van der Waals surface area contributed by atoms with Gasteiger partial charge in [0, 0.05) is 36.3 Å². The van der Waals surface area contributed by atoms with E-state index in [1.807, 2.05) is 30.3 Å². The number of carbonyl (C=O) groups is 1. The highest BCUT2D eigenvalue weighted by atomic mass is 35.5. The lowest BCUT2D eigenvalue weighted by atomic mass is 10.0. The zero-order valence-corrected chi connectivity index (χ0v) is 19.2. The predicted molar refractivity (Wildman–Crippen MR) is 126 cm³/mol. The number of amides is 1. The molecule has 0 bridgehead atoms. The first-order valence-electron chi connectivity index (χ1n) is 11.4. The molecule has 172 valence electrons. The van der Waals surface area contributed by atoms with Crippen molar-refractivity contribution in [2.75, 3.05) is 39.4 Å². The number of piperidine rings is 1. The Bertz CT molecular complexity index is 884. The van der Waals surface area contributed by atoms with E-state index in [2.05, 4.69) is 21.9 Å². The third kappa shape index (κ3) is 6.30. The first-order chi connectivity index (χ1) is 15.6. The Labute approximate surface area is 195 Å². The largest absolute Gasteiger partial charge is 0.374 e. The van der Waals surface area contributed by atoms with E-state index in [9.17, 15) is 4.79 Å². The molecule has 4 rings (SSSR count). The van der Waals surface area contributed by atoms with Crippen LogP contribution < -0.4 is 5.73 Å². The molecule has 2 aliphatic heterocycles. The molecule has 2 aromatic rings. The third-order valence-electron chi connectivity index (χ3n) is 6.41. The lowest BCUT2D eigenvalue weighted by molar-refractivity contribution is -0.0868. The van der Waals surface area contributed by atoms with Gasteiger partial charge in [0.25, 0.3) is 0 Å². The van der Waals surface area contributed by atoms with Gasteiger partial charge in [-0.25, -0.2) is 0 Å². The molecule has 0 spiro atoms. The van der Waals surface area contributed by atoms with Gasteiger partial charge in [-0.15, -0.1) is 0 Å². The van der Waals surface area contributed by atoms with Crippen LogP contribution in [0.2, 0.25) is 5.02 Å². The van der Waals surface area contributed by atoms with Crippen LogP contribution in [-0.2, 0) is 22.6 Å². The molecule has 2 aliphatic rings. The molecule has 2 aromatic carbocycles. The summed E-state index contributed by atoms with van der Waals surface area (Å²) in [5.41, 5.74) is 8.11. The van der Waals surface area contributed by atoms with E-state index < -0.39 is 5.91 Å². The molecule has 0 radical (unpaired) electrons. The Hall–Kier alpha value is -1.96. The monoisotopic (exact) mass is 457 g/mol. The summed E-state index contributed by atoms with van der Waals surface area (Å²) in [6.07, 6.45) is 2.40. The molecule has 6 nitrogen and oxygen atoms in total. The Kier molecular flexibility index (Phi) is 8.16. The molecule has 7 heteroatoms. The molecule has 2 heterocycles. The number of rotatable bonds is 8. The van der Waals surface area contributed by atoms with Crippen LogP contribution in [-0.4, -0.2) is 67.2 Å². The van der Waals surface area contributed by atoms with Crippen molar-refractivity contribution in [3.63, 3.8) is 0 Å². The fraction of sp³-hybridized carbons (Fsp3) is 0.480. The third-order valence-corrected chi connectivity index (χ3v) is 6.66. The number of hydrogen-bond donors (Lipinski definition) is 1. The number of hydrogen-bond acceptors (Lipinski definition) is 5. The number of nitrogens with two attached hydrogens (primary N) is 1. The highest BCUT2D eigenvalue weighted by molar-refractivity contribution is 6.30. The number of likely N-dealkylation sites (tertiary alicyclic amines) is 1. The maximum Gasteiger partial charge on any atom is 0.249 e. The number of primary amides is 1. The summed E-state index contributed by atoms with van der Waals surface area (Å²) in [6, 6.07) is 16.1. The molecule has 1 amide bonds. The highest BCUT2D eigenvalue weighted by Crippen LogP contribution is 2.22. The van der Waals surface area contributed by atoms with Gasteiger partial charge in [0.2, 0.25) is 5.91 Å². The molecular weight excluding hydrogens is 426 g/mol. The highest BCUT2D eigenvalue weighted by Gasteiger charge is 2.29. The fourth-order valence-corrected chi connectivity index (χ4v) is 4.78. The molecular formula is C25H32ClN3O3. The van der Waals surface area contributed by atoms with Crippen LogP contribution in [0.5, 0.6) is 0 Å². The lowest BCUT2D eigenvalue weighted by Crippen LogP contribution is -2.52. The minimum atomic E-state index is -0.424. The summed E-state index contributed by atoms with van der Waals surface area (Å²) in [7, 11) is 0. The molecule has 0 aromatic heterocycles. The minimum Gasteiger partial charge on any atom is -0.374 e. The van der Waals surface area contributed by atoms with E-state index in [0.717, 1.165) is 49.9 Å².